The second-order valence-electron chi connectivity index (χ2n) is 3.97. The van der Waals surface area contributed by atoms with E-state index in [1.807, 2.05) is 19.1 Å². The van der Waals surface area contributed by atoms with Crippen molar-refractivity contribution in [3.8, 4) is 5.69 Å². The van der Waals surface area contributed by atoms with Crippen LogP contribution in [0.4, 0.5) is 5.69 Å². The predicted molar refractivity (Wildman–Crippen MR) is 71.1 cm³/mol. The van der Waals surface area contributed by atoms with Crippen LogP contribution in [0.5, 0.6) is 0 Å². The fourth-order valence-electron chi connectivity index (χ4n) is 1.84. The normalized spacial score (nSPS) is 10.4. The van der Waals surface area contributed by atoms with Crippen LogP contribution in [-0.2, 0) is 11.2 Å². The minimum Gasteiger partial charge on any atom is -0.461 e. The van der Waals surface area contributed by atoms with Crippen LogP contribution in [0, 0.1) is 0 Å². The Morgan fingerprint density at radius 3 is 2.84 bits per heavy atom. The van der Waals surface area contributed by atoms with E-state index in [1.54, 1.807) is 23.7 Å². The smallest absolute Gasteiger partial charge is 0.360 e. The van der Waals surface area contributed by atoms with Gasteiger partial charge < -0.3 is 10.5 Å². The van der Waals surface area contributed by atoms with Gasteiger partial charge in [-0.3, -0.25) is 0 Å². The summed E-state index contributed by atoms with van der Waals surface area (Å²) in [6.07, 6.45) is 0.621. The highest BCUT2D eigenvalue weighted by atomic mass is 16.5. The molecule has 1 aromatic carbocycles. The van der Waals surface area contributed by atoms with E-state index in [4.69, 9.17) is 10.5 Å². The second kappa shape index (κ2) is 5.51. The van der Waals surface area contributed by atoms with E-state index in [9.17, 15) is 4.79 Å². The van der Waals surface area contributed by atoms with Crippen LogP contribution in [0.1, 0.15) is 30.0 Å². The van der Waals surface area contributed by atoms with E-state index in [0.29, 0.717) is 24.4 Å². The molecule has 0 unspecified atom stereocenters. The fraction of sp³-hybridized carbons (Fsp3) is 0.308. The molecule has 1 aromatic heterocycles. The average Bonchev–Trinajstić information content (AvgIpc) is 2.82. The summed E-state index contributed by atoms with van der Waals surface area (Å²) in [6, 6.07) is 7.26. The van der Waals surface area contributed by atoms with E-state index in [2.05, 4.69) is 10.3 Å². The number of hydrogen-bond acceptors (Lipinski definition) is 5. The molecule has 6 nitrogen and oxygen atoms in total. The molecule has 0 aliphatic carbocycles. The predicted octanol–water partition coefficient (Wildman–Crippen LogP) is 1.59. The van der Waals surface area contributed by atoms with Gasteiger partial charge in [0.1, 0.15) is 0 Å². The van der Waals surface area contributed by atoms with E-state index in [-0.39, 0.29) is 5.69 Å². The summed E-state index contributed by atoms with van der Waals surface area (Å²) < 4.78 is 6.58. The molecular formula is C13H16N4O2. The molecule has 6 heteroatoms. The highest BCUT2D eigenvalue weighted by Crippen LogP contribution is 2.16. The molecule has 0 amide bonds. The Morgan fingerprint density at radius 2 is 2.21 bits per heavy atom. The van der Waals surface area contributed by atoms with Crippen LogP contribution >= 0.6 is 0 Å². The van der Waals surface area contributed by atoms with Gasteiger partial charge >= 0.3 is 5.97 Å². The molecular weight excluding hydrogens is 244 g/mol. The van der Waals surface area contributed by atoms with Gasteiger partial charge in [0.05, 0.1) is 18.0 Å². The van der Waals surface area contributed by atoms with E-state index in [0.717, 1.165) is 5.69 Å². The third kappa shape index (κ3) is 2.57. The first-order chi connectivity index (χ1) is 9.17. The number of ether oxygens (including phenoxy) is 1. The molecule has 0 spiro atoms. The van der Waals surface area contributed by atoms with Crippen molar-refractivity contribution >= 4 is 11.7 Å². The van der Waals surface area contributed by atoms with Gasteiger partial charge in [0.15, 0.2) is 5.69 Å². The van der Waals surface area contributed by atoms with Gasteiger partial charge in [-0.1, -0.05) is 18.2 Å². The minimum absolute atomic E-state index is 0.256. The Kier molecular flexibility index (Phi) is 3.79. The monoisotopic (exact) mass is 260 g/mol. The molecule has 2 N–H and O–H groups in total. The Morgan fingerprint density at radius 1 is 1.42 bits per heavy atom. The van der Waals surface area contributed by atoms with E-state index >= 15 is 0 Å². The molecule has 0 fully saturated rings. The summed E-state index contributed by atoms with van der Waals surface area (Å²) in [5.41, 5.74) is 8.13. The number of hydrogen-bond donors (Lipinski definition) is 1. The van der Waals surface area contributed by atoms with Gasteiger partial charge in [0.2, 0.25) is 0 Å². The standard InChI is InChI=1S/C13H16N4O2/c1-3-11-12(13(18)19-4-2)15-16-17(11)10-7-5-6-9(14)8-10/h5-8H,3-4,14H2,1-2H3. The average molecular weight is 260 g/mol. The molecule has 0 saturated heterocycles. The molecule has 0 aliphatic rings. The first-order valence-electron chi connectivity index (χ1n) is 6.15. The van der Waals surface area contributed by atoms with E-state index in [1.165, 1.54) is 0 Å². The zero-order valence-electron chi connectivity index (χ0n) is 11.0. The van der Waals surface area contributed by atoms with Crippen molar-refractivity contribution in [1.82, 2.24) is 15.0 Å². The molecule has 1 heterocycles. The zero-order chi connectivity index (χ0) is 13.8. The molecule has 0 bridgehead atoms. The minimum atomic E-state index is -0.450. The summed E-state index contributed by atoms with van der Waals surface area (Å²) >= 11 is 0. The summed E-state index contributed by atoms with van der Waals surface area (Å²) in [5.74, 6) is -0.450. The highest BCUT2D eigenvalue weighted by Gasteiger charge is 2.20. The number of carbonyl (C=O) groups excluding carboxylic acids is 1. The highest BCUT2D eigenvalue weighted by molar-refractivity contribution is 5.88. The molecule has 2 aromatic rings. The molecule has 0 aliphatic heterocycles. The number of aromatic nitrogens is 3. The number of nitrogen functional groups attached to an aromatic ring is 1. The fourth-order valence-corrected chi connectivity index (χ4v) is 1.84. The van der Waals surface area contributed by atoms with Crippen molar-refractivity contribution in [3.63, 3.8) is 0 Å². The lowest BCUT2D eigenvalue weighted by Crippen LogP contribution is -2.09. The number of nitrogens with zero attached hydrogens (tertiary/aromatic N) is 3. The van der Waals surface area contributed by atoms with Crippen LogP contribution in [0.25, 0.3) is 5.69 Å². The summed E-state index contributed by atoms with van der Waals surface area (Å²) in [7, 11) is 0. The van der Waals surface area contributed by atoms with Gasteiger partial charge in [0, 0.05) is 5.69 Å². The zero-order valence-corrected chi connectivity index (χ0v) is 11.0. The van der Waals surface area contributed by atoms with Crippen molar-refractivity contribution < 1.29 is 9.53 Å². The number of esters is 1. The van der Waals surface area contributed by atoms with Gasteiger partial charge in [-0.2, -0.15) is 0 Å². The SMILES string of the molecule is CCOC(=O)c1nnn(-c2cccc(N)c2)c1CC. The number of nitrogens with two attached hydrogens (primary N) is 1. The quantitative estimate of drug-likeness (QED) is 0.666. The Hall–Kier alpha value is -2.37. The molecule has 100 valence electrons. The first kappa shape index (κ1) is 13.1. The maximum Gasteiger partial charge on any atom is 0.360 e. The molecule has 19 heavy (non-hydrogen) atoms. The molecule has 0 saturated carbocycles. The van der Waals surface area contributed by atoms with Crippen molar-refractivity contribution in [1.29, 1.82) is 0 Å². The lowest BCUT2D eigenvalue weighted by molar-refractivity contribution is 0.0518. The molecule has 2 rings (SSSR count). The number of anilines is 1. The Bertz CT molecular complexity index is 592. The summed E-state index contributed by atoms with van der Waals surface area (Å²) in [6.45, 7) is 4.00. The van der Waals surface area contributed by atoms with Crippen LogP contribution in [0.2, 0.25) is 0 Å². The maximum atomic E-state index is 11.8. The number of benzene rings is 1. The first-order valence-corrected chi connectivity index (χ1v) is 6.15. The van der Waals surface area contributed by atoms with Gasteiger partial charge in [-0.25, -0.2) is 9.48 Å². The van der Waals surface area contributed by atoms with E-state index < -0.39 is 5.97 Å². The van der Waals surface area contributed by atoms with Gasteiger partial charge in [-0.05, 0) is 31.5 Å². The van der Waals surface area contributed by atoms with Crippen LogP contribution in [0.3, 0.4) is 0 Å². The summed E-state index contributed by atoms with van der Waals surface area (Å²) in [5, 5.41) is 7.92. The molecule has 0 atom stereocenters. The summed E-state index contributed by atoms with van der Waals surface area (Å²) in [4.78, 5) is 11.8. The van der Waals surface area contributed by atoms with Crippen LogP contribution in [-0.4, -0.2) is 27.6 Å². The van der Waals surface area contributed by atoms with Crippen molar-refractivity contribution in [2.45, 2.75) is 20.3 Å². The van der Waals surface area contributed by atoms with Crippen LogP contribution in [0.15, 0.2) is 24.3 Å². The Labute approximate surface area is 111 Å². The van der Waals surface area contributed by atoms with Crippen molar-refractivity contribution in [2.24, 2.45) is 0 Å². The second-order valence-corrected chi connectivity index (χ2v) is 3.97. The number of rotatable bonds is 4. The number of carbonyl (C=O) groups is 1. The third-order valence-electron chi connectivity index (χ3n) is 2.68. The maximum absolute atomic E-state index is 11.8. The van der Waals surface area contributed by atoms with Gasteiger partial charge in [0.25, 0.3) is 0 Å². The lowest BCUT2D eigenvalue weighted by Gasteiger charge is -2.06. The van der Waals surface area contributed by atoms with Crippen molar-refractivity contribution in [2.75, 3.05) is 12.3 Å². The topological polar surface area (TPSA) is 83.0 Å². The molecule has 0 radical (unpaired) electrons. The van der Waals surface area contributed by atoms with Crippen molar-refractivity contribution in [3.05, 3.63) is 35.7 Å². The van der Waals surface area contributed by atoms with Gasteiger partial charge in [-0.15, -0.1) is 5.10 Å². The largest absolute Gasteiger partial charge is 0.461 e. The Balaban J connectivity index is 2.45. The lowest BCUT2D eigenvalue weighted by atomic mass is 10.2. The van der Waals surface area contributed by atoms with Crippen LogP contribution < -0.4 is 5.73 Å². The third-order valence-corrected chi connectivity index (χ3v) is 2.68.